The summed E-state index contributed by atoms with van der Waals surface area (Å²) in [5.41, 5.74) is 0.674. The molecule has 0 radical (unpaired) electrons. The van der Waals surface area contributed by atoms with E-state index in [1.807, 2.05) is 0 Å². The molecule has 0 unspecified atom stereocenters. The van der Waals surface area contributed by atoms with Crippen LogP contribution in [0.15, 0.2) is 12.1 Å². The third kappa shape index (κ3) is 3.23. The summed E-state index contributed by atoms with van der Waals surface area (Å²) in [5.74, 6) is 3.85. The SMILES string of the molecule is COc1cc(NC(=O)C[C@H]2C[C@H]3CC[C@@H]2C3)cc(OC)c1OC. The van der Waals surface area contributed by atoms with Gasteiger partial charge in [0.05, 0.1) is 21.3 Å². The maximum atomic E-state index is 12.4. The Kier molecular flexibility index (Phi) is 4.64. The minimum absolute atomic E-state index is 0.0665. The fourth-order valence-electron chi connectivity index (χ4n) is 4.23. The van der Waals surface area contributed by atoms with Crippen LogP contribution in [0.25, 0.3) is 0 Å². The Morgan fingerprint density at radius 2 is 1.78 bits per heavy atom. The summed E-state index contributed by atoms with van der Waals surface area (Å²) < 4.78 is 15.9. The van der Waals surface area contributed by atoms with Gasteiger partial charge in [0.15, 0.2) is 11.5 Å². The molecule has 2 saturated carbocycles. The van der Waals surface area contributed by atoms with Crippen LogP contribution in [0.2, 0.25) is 0 Å². The highest BCUT2D eigenvalue weighted by Crippen LogP contribution is 2.49. The number of carbonyl (C=O) groups excluding carboxylic acids is 1. The van der Waals surface area contributed by atoms with Gasteiger partial charge >= 0.3 is 0 Å². The van der Waals surface area contributed by atoms with Crippen LogP contribution in [0.3, 0.4) is 0 Å². The third-order valence-electron chi connectivity index (χ3n) is 5.28. The van der Waals surface area contributed by atoms with Gasteiger partial charge in [0.25, 0.3) is 0 Å². The van der Waals surface area contributed by atoms with E-state index in [-0.39, 0.29) is 5.91 Å². The highest BCUT2D eigenvalue weighted by Gasteiger charge is 2.40. The predicted molar refractivity (Wildman–Crippen MR) is 88.3 cm³/mol. The summed E-state index contributed by atoms with van der Waals surface area (Å²) in [7, 11) is 4.70. The molecule has 2 aliphatic rings. The van der Waals surface area contributed by atoms with E-state index >= 15 is 0 Å². The summed E-state index contributed by atoms with van der Waals surface area (Å²) in [6.07, 6.45) is 5.80. The Bertz CT molecular complexity index is 561. The molecule has 5 heteroatoms. The zero-order valence-electron chi connectivity index (χ0n) is 14.1. The second kappa shape index (κ2) is 6.69. The second-order valence-electron chi connectivity index (χ2n) is 6.60. The number of fused-ring (bicyclic) bond motifs is 2. The minimum Gasteiger partial charge on any atom is -0.493 e. The lowest BCUT2D eigenvalue weighted by Gasteiger charge is -2.21. The standard InChI is InChI=1S/C18H25NO4/c1-21-15-9-14(10-16(22-2)18(15)23-3)19-17(20)8-13-7-11-4-5-12(13)6-11/h9-13H,4-8H2,1-3H3,(H,19,20)/t11-,12+,13+/m0/s1. The summed E-state index contributed by atoms with van der Waals surface area (Å²) in [6.45, 7) is 0. The number of methoxy groups -OCH3 is 3. The van der Waals surface area contributed by atoms with Crippen molar-refractivity contribution in [3.05, 3.63) is 12.1 Å². The van der Waals surface area contributed by atoms with Crippen LogP contribution in [0.1, 0.15) is 32.1 Å². The summed E-state index contributed by atoms with van der Waals surface area (Å²) in [6, 6.07) is 3.53. The number of rotatable bonds is 6. The number of hydrogen-bond donors (Lipinski definition) is 1. The van der Waals surface area contributed by atoms with Gasteiger partial charge < -0.3 is 19.5 Å². The van der Waals surface area contributed by atoms with Crippen LogP contribution in [0, 0.1) is 17.8 Å². The largest absolute Gasteiger partial charge is 0.493 e. The summed E-state index contributed by atoms with van der Waals surface area (Å²) >= 11 is 0. The van der Waals surface area contributed by atoms with Crippen molar-refractivity contribution in [2.75, 3.05) is 26.6 Å². The van der Waals surface area contributed by atoms with Gasteiger partial charge in [-0.1, -0.05) is 6.42 Å². The van der Waals surface area contributed by atoms with E-state index in [0.717, 1.165) is 11.8 Å². The first-order valence-corrected chi connectivity index (χ1v) is 8.24. The Labute approximate surface area is 137 Å². The van der Waals surface area contributed by atoms with Crippen molar-refractivity contribution in [3.8, 4) is 17.2 Å². The predicted octanol–water partition coefficient (Wildman–Crippen LogP) is 3.48. The number of amides is 1. The monoisotopic (exact) mass is 319 g/mol. The molecule has 3 rings (SSSR count). The van der Waals surface area contributed by atoms with Gasteiger partial charge in [0.1, 0.15) is 0 Å². The zero-order chi connectivity index (χ0) is 16.4. The van der Waals surface area contributed by atoms with Crippen molar-refractivity contribution < 1.29 is 19.0 Å². The molecule has 0 saturated heterocycles. The summed E-state index contributed by atoms with van der Waals surface area (Å²) in [4.78, 5) is 12.4. The molecule has 0 aromatic heterocycles. The van der Waals surface area contributed by atoms with Crippen molar-refractivity contribution >= 4 is 11.6 Å². The van der Waals surface area contributed by atoms with Crippen molar-refractivity contribution in [2.45, 2.75) is 32.1 Å². The van der Waals surface area contributed by atoms with Crippen LogP contribution in [-0.4, -0.2) is 27.2 Å². The van der Waals surface area contributed by atoms with Gasteiger partial charge in [-0.3, -0.25) is 4.79 Å². The number of anilines is 1. The fourth-order valence-corrected chi connectivity index (χ4v) is 4.23. The molecule has 23 heavy (non-hydrogen) atoms. The molecule has 0 spiro atoms. The van der Waals surface area contributed by atoms with Gasteiger partial charge in [-0.15, -0.1) is 0 Å². The fraction of sp³-hybridized carbons (Fsp3) is 0.611. The smallest absolute Gasteiger partial charge is 0.224 e. The van der Waals surface area contributed by atoms with E-state index in [1.165, 1.54) is 25.7 Å². The molecule has 1 N–H and O–H groups in total. The average Bonchev–Trinajstić information content (AvgIpc) is 3.16. The van der Waals surface area contributed by atoms with Crippen LogP contribution in [0.5, 0.6) is 17.2 Å². The van der Waals surface area contributed by atoms with E-state index in [9.17, 15) is 4.79 Å². The van der Waals surface area contributed by atoms with Crippen LogP contribution >= 0.6 is 0 Å². The number of ether oxygens (including phenoxy) is 3. The Morgan fingerprint density at radius 1 is 1.09 bits per heavy atom. The topological polar surface area (TPSA) is 56.8 Å². The normalized spacial score (nSPS) is 25.3. The molecule has 2 bridgehead atoms. The molecule has 2 aliphatic carbocycles. The van der Waals surface area contributed by atoms with Gasteiger partial charge in [0, 0.05) is 24.2 Å². The highest BCUT2D eigenvalue weighted by atomic mass is 16.5. The molecule has 3 atom stereocenters. The van der Waals surface area contributed by atoms with Crippen molar-refractivity contribution in [1.82, 2.24) is 0 Å². The van der Waals surface area contributed by atoms with Crippen LogP contribution in [-0.2, 0) is 4.79 Å². The minimum atomic E-state index is 0.0665. The molecular weight excluding hydrogens is 294 g/mol. The maximum Gasteiger partial charge on any atom is 0.224 e. The van der Waals surface area contributed by atoms with Gasteiger partial charge in [0.2, 0.25) is 11.7 Å². The lowest BCUT2D eigenvalue weighted by molar-refractivity contribution is -0.117. The van der Waals surface area contributed by atoms with Gasteiger partial charge in [-0.25, -0.2) is 0 Å². The van der Waals surface area contributed by atoms with Crippen LogP contribution < -0.4 is 19.5 Å². The van der Waals surface area contributed by atoms with E-state index in [1.54, 1.807) is 33.5 Å². The first-order chi connectivity index (χ1) is 11.1. The number of carbonyl (C=O) groups is 1. The van der Waals surface area contributed by atoms with Gasteiger partial charge in [-0.2, -0.15) is 0 Å². The van der Waals surface area contributed by atoms with Crippen molar-refractivity contribution in [1.29, 1.82) is 0 Å². The Balaban J connectivity index is 1.68. The molecule has 126 valence electrons. The first kappa shape index (κ1) is 16.0. The average molecular weight is 319 g/mol. The Morgan fingerprint density at radius 3 is 2.26 bits per heavy atom. The lowest BCUT2D eigenvalue weighted by atomic mass is 9.86. The lowest BCUT2D eigenvalue weighted by Crippen LogP contribution is -2.20. The van der Waals surface area contributed by atoms with E-state index in [4.69, 9.17) is 14.2 Å². The number of benzene rings is 1. The molecule has 1 amide bonds. The quantitative estimate of drug-likeness (QED) is 0.872. The van der Waals surface area contributed by atoms with E-state index in [0.29, 0.717) is 35.3 Å². The van der Waals surface area contributed by atoms with Crippen molar-refractivity contribution in [2.24, 2.45) is 17.8 Å². The molecule has 0 heterocycles. The third-order valence-corrected chi connectivity index (χ3v) is 5.28. The maximum absolute atomic E-state index is 12.4. The first-order valence-electron chi connectivity index (χ1n) is 8.24. The molecule has 2 fully saturated rings. The molecule has 1 aromatic rings. The zero-order valence-corrected chi connectivity index (χ0v) is 14.1. The highest BCUT2D eigenvalue weighted by molar-refractivity contribution is 5.91. The van der Waals surface area contributed by atoms with E-state index in [2.05, 4.69) is 5.32 Å². The molecule has 0 aliphatic heterocycles. The molecular formula is C18H25NO4. The Hall–Kier alpha value is -1.91. The summed E-state index contributed by atoms with van der Waals surface area (Å²) in [5, 5.41) is 2.97. The second-order valence-corrected chi connectivity index (χ2v) is 6.60. The number of hydrogen-bond acceptors (Lipinski definition) is 4. The van der Waals surface area contributed by atoms with E-state index < -0.39 is 0 Å². The van der Waals surface area contributed by atoms with Crippen LogP contribution in [0.4, 0.5) is 5.69 Å². The van der Waals surface area contributed by atoms with Gasteiger partial charge in [-0.05, 0) is 37.0 Å². The molecule has 1 aromatic carbocycles. The number of nitrogens with one attached hydrogen (secondary N) is 1. The van der Waals surface area contributed by atoms with Crippen molar-refractivity contribution in [3.63, 3.8) is 0 Å². The molecule has 5 nitrogen and oxygen atoms in total.